The van der Waals surface area contributed by atoms with E-state index in [1.165, 1.54) is 5.57 Å². The van der Waals surface area contributed by atoms with Gasteiger partial charge in [0.1, 0.15) is 0 Å². The van der Waals surface area contributed by atoms with Gasteiger partial charge in [0.15, 0.2) is 17.3 Å². The Hall–Kier alpha value is -2.56. The van der Waals surface area contributed by atoms with Crippen LogP contribution in [0.1, 0.15) is 105 Å². The van der Waals surface area contributed by atoms with Crippen LogP contribution in [-0.4, -0.2) is 33.1 Å². The van der Waals surface area contributed by atoms with Crippen LogP contribution >= 0.6 is 0 Å². The van der Waals surface area contributed by atoms with Gasteiger partial charge in [-0.25, -0.2) is 0 Å². The van der Waals surface area contributed by atoms with Crippen LogP contribution in [0.2, 0.25) is 0 Å². The molecule has 0 saturated heterocycles. The lowest BCUT2D eigenvalue weighted by Crippen LogP contribution is -2.67. The predicted octanol–water partition coefficient (Wildman–Crippen LogP) is 9.10. The number of ketones is 1. The van der Waals surface area contributed by atoms with Gasteiger partial charge in [0, 0.05) is 11.0 Å². The third kappa shape index (κ3) is 4.23. The fourth-order valence-corrected chi connectivity index (χ4v) is 12.9. The molecule has 1 aromatic rings. The van der Waals surface area contributed by atoms with Crippen molar-refractivity contribution in [1.82, 2.24) is 0 Å². The van der Waals surface area contributed by atoms with Crippen LogP contribution in [0.4, 0.5) is 0 Å². The van der Waals surface area contributed by atoms with Crippen molar-refractivity contribution < 1.29 is 23.8 Å². The quantitative estimate of drug-likeness (QED) is 0.188. The number of benzene rings is 1. The van der Waals surface area contributed by atoms with Crippen molar-refractivity contribution in [3.8, 4) is 11.5 Å². The third-order valence-corrected chi connectivity index (χ3v) is 15.0. The van der Waals surface area contributed by atoms with E-state index in [0.29, 0.717) is 41.1 Å². The van der Waals surface area contributed by atoms with Gasteiger partial charge in [-0.05, 0) is 128 Å². The number of carbonyl (C=O) groups excluding carboxylic acids is 2. The minimum Gasteiger partial charge on any atom is -0.493 e. The maximum absolute atomic E-state index is 14.3. The van der Waals surface area contributed by atoms with E-state index in [0.717, 1.165) is 68.9 Å². The number of esters is 1. The maximum Gasteiger partial charge on any atom is 0.312 e. The number of hydrogen-bond acceptors (Lipinski definition) is 5. The standard InChI is InChI=1S/C40H56O5/c1-24(2)27-16-19-40(35(42)45-10)21-20-38(6)28(32(27)40)14-15-31-37(5)23-26(22-25-12-11-13-29(43-8)33(25)44-9)34(41)36(3,4)30(37)17-18-39(31,38)7/h11-13,22,27-28,30-32H,1,14-21,23H2,2-10H3/t27-,28+,30-,31+,32+,37+,38-,39-,40-/m1/s1. The number of hydrogen-bond donors (Lipinski definition) is 0. The molecule has 246 valence electrons. The number of carbonyl (C=O) groups is 2. The molecule has 45 heavy (non-hydrogen) atoms. The average molecular weight is 617 g/mol. The molecule has 5 heteroatoms. The Morgan fingerprint density at radius 3 is 2.27 bits per heavy atom. The van der Waals surface area contributed by atoms with Gasteiger partial charge < -0.3 is 14.2 Å². The first-order chi connectivity index (χ1) is 21.2. The number of para-hydroxylation sites is 1. The van der Waals surface area contributed by atoms with Crippen LogP contribution in [-0.2, 0) is 14.3 Å². The van der Waals surface area contributed by atoms with Gasteiger partial charge in [-0.2, -0.15) is 0 Å². The zero-order valence-electron chi connectivity index (χ0n) is 29.3. The molecule has 5 saturated carbocycles. The van der Waals surface area contributed by atoms with Gasteiger partial charge in [0.2, 0.25) is 0 Å². The number of ether oxygens (including phenoxy) is 3. The SMILES string of the molecule is C=C(C)[C@H]1CC[C@@]2(C(=O)OC)CC[C@]3(C)[C@@H](CC[C@H]4[C@@]5(C)CC(=Cc6cccc(OC)c6OC)C(=O)C(C)(C)[C@H]5CC[C@]43C)[C@H]12. The molecule has 6 rings (SSSR count). The molecule has 9 atom stereocenters. The van der Waals surface area contributed by atoms with E-state index in [-0.39, 0.29) is 33.4 Å². The van der Waals surface area contributed by atoms with E-state index < -0.39 is 5.41 Å². The maximum atomic E-state index is 14.3. The highest BCUT2D eigenvalue weighted by atomic mass is 16.5. The van der Waals surface area contributed by atoms with Crippen LogP contribution in [0.25, 0.3) is 6.08 Å². The van der Waals surface area contributed by atoms with Crippen molar-refractivity contribution in [2.24, 2.45) is 56.7 Å². The third-order valence-electron chi connectivity index (χ3n) is 15.0. The Balaban J connectivity index is 1.42. The van der Waals surface area contributed by atoms with Crippen LogP contribution in [0.3, 0.4) is 0 Å². The van der Waals surface area contributed by atoms with Gasteiger partial charge in [0.05, 0.1) is 26.7 Å². The lowest BCUT2D eigenvalue weighted by molar-refractivity contribution is -0.232. The molecule has 5 aliphatic rings. The number of fused-ring (bicyclic) bond motifs is 7. The molecule has 5 nitrogen and oxygen atoms in total. The molecule has 1 aromatic carbocycles. The Morgan fingerprint density at radius 1 is 0.889 bits per heavy atom. The van der Waals surface area contributed by atoms with E-state index >= 15 is 0 Å². The molecule has 5 aliphatic carbocycles. The minimum atomic E-state index is -0.451. The fourth-order valence-electron chi connectivity index (χ4n) is 12.9. The zero-order valence-corrected chi connectivity index (χ0v) is 29.3. The molecular weight excluding hydrogens is 560 g/mol. The summed E-state index contributed by atoms with van der Waals surface area (Å²) in [7, 11) is 4.89. The summed E-state index contributed by atoms with van der Waals surface area (Å²) in [6.07, 6.45) is 11.3. The largest absolute Gasteiger partial charge is 0.493 e. The average Bonchev–Trinajstić information content (AvgIpc) is 3.41. The Morgan fingerprint density at radius 2 is 1.62 bits per heavy atom. The molecule has 0 amide bonds. The van der Waals surface area contributed by atoms with Gasteiger partial charge in [-0.15, -0.1) is 0 Å². The predicted molar refractivity (Wildman–Crippen MR) is 179 cm³/mol. The van der Waals surface area contributed by atoms with E-state index in [1.807, 2.05) is 18.2 Å². The summed E-state index contributed by atoms with van der Waals surface area (Å²) in [6, 6.07) is 5.89. The second kappa shape index (κ2) is 10.7. The normalized spacial score (nSPS) is 42.6. The van der Waals surface area contributed by atoms with Gasteiger partial charge in [0.25, 0.3) is 0 Å². The van der Waals surface area contributed by atoms with Crippen molar-refractivity contribution in [1.29, 1.82) is 0 Å². The van der Waals surface area contributed by atoms with Gasteiger partial charge in [-0.3, -0.25) is 9.59 Å². The highest BCUT2D eigenvalue weighted by Crippen LogP contribution is 2.77. The minimum absolute atomic E-state index is 0.0107. The van der Waals surface area contributed by atoms with Gasteiger partial charge in [-0.1, -0.05) is 58.9 Å². The molecule has 0 bridgehead atoms. The van der Waals surface area contributed by atoms with Crippen LogP contribution < -0.4 is 9.47 Å². The second-order valence-electron chi connectivity index (χ2n) is 16.8. The molecule has 0 radical (unpaired) electrons. The summed E-state index contributed by atoms with van der Waals surface area (Å²) < 4.78 is 16.9. The molecule has 0 spiro atoms. The summed E-state index contributed by atoms with van der Waals surface area (Å²) in [6.45, 7) is 18.7. The van der Waals surface area contributed by atoms with Crippen molar-refractivity contribution in [3.63, 3.8) is 0 Å². The first kappa shape index (κ1) is 32.4. The Bertz CT molecular complexity index is 1440. The van der Waals surface area contributed by atoms with E-state index in [1.54, 1.807) is 21.3 Å². The zero-order chi connectivity index (χ0) is 32.7. The van der Waals surface area contributed by atoms with Crippen molar-refractivity contribution >= 4 is 17.8 Å². The highest BCUT2D eigenvalue weighted by molar-refractivity contribution is 6.04. The number of methoxy groups -OCH3 is 3. The fraction of sp³-hybridized carbons (Fsp3) is 0.700. The van der Waals surface area contributed by atoms with Crippen molar-refractivity contribution in [2.45, 2.75) is 99.3 Å². The van der Waals surface area contributed by atoms with Crippen molar-refractivity contribution in [2.75, 3.05) is 21.3 Å². The summed E-state index contributed by atoms with van der Waals surface area (Å²) >= 11 is 0. The molecular formula is C40H56O5. The Labute approximate surface area is 271 Å². The first-order valence-electron chi connectivity index (χ1n) is 17.4. The van der Waals surface area contributed by atoms with Crippen molar-refractivity contribution in [3.05, 3.63) is 41.5 Å². The lowest BCUT2D eigenvalue weighted by atomic mass is 9.32. The smallest absolute Gasteiger partial charge is 0.312 e. The molecule has 0 heterocycles. The number of allylic oxidation sites excluding steroid dienone is 2. The van der Waals surface area contributed by atoms with Crippen LogP contribution in [0.5, 0.6) is 11.5 Å². The van der Waals surface area contributed by atoms with Crippen LogP contribution in [0, 0.1) is 56.7 Å². The molecule has 5 fully saturated rings. The topological polar surface area (TPSA) is 61.8 Å². The first-order valence-corrected chi connectivity index (χ1v) is 17.4. The molecule has 0 unspecified atom stereocenters. The van der Waals surface area contributed by atoms with E-state index in [2.05, 4.69) is 54.2 Å². The highest BCUT2D eigenvalue weighted by Gasteiger charge is 2.72. The number of rotatable bonds is 5. The van der Waals surface area contributed by atoms with E-state index in [4.69, 9.17) is 14.2 Å². The second-order valence-corrected chi connectivity index (χ2v) is 16.8. The molecule has 0 aliphatic heterocycles. The summed E-state index contributed by atoms with van der Waals surface area (Å²) in [5.41, 5.74) is 2.41. The van der Waals surface area contributed by atoms with Crippen LogP contribution in [0.15, 0.2) is 35.9 Å². The summed E-state index contributed by atoms with van der Waals surface area (Å²) in [4.78, 5) is 27.9. The van der Waals surface area contributed by atoms with Gasteiger partial charge >= 0.3 is 5.97 Å². The lowest BCUT2D eigenvalue weighted by Gasteiger charge is -2.72. The monoisotopic (exact) mass is 616 g/mol. The molecule has 0 aromatic heterocycles. The summed E-state index contributed by atoms with van der Waals surface area (Å²) in [5.74, 6) is 3.58. The molecule has 0 N–H and O–H groups in total. The Kier molecular flexibility index (Phi) is 7.73. The van der Waals surface area contributed by atoms with E-state index in [9.17, 15) is 9.59 Å². The summed E-state index contributed by atoms with van der Waals surface area (Å²) in [5, 5.41) is 0. The number of Topliss-reactive ketones (excluding diaryl/α,β-unsaturated/α-hetero) is 1.